The summed E-state index contributed by atoms with van der Waals surface area (Å²) in [4.78, 5) is 0. The molecule has 0 unspecified atom stereocenters. The fraction of sp³-hybridized carbons (Fsp3) is 1.00. The molecule has 0 aromatic carbocycles. The highest BCUT2D eigenvalue weighted by Crippen LogP contribution is 2.37. The van der Waals surface area contributed by atoms with E-state index in [9.17, 15) is 8.42 Å². The first-order chi connectivity index (χ1) is 7.46. The van der Waals surface area contributed by atoms with Crippen LogP contribution in [0.3, 0.4) is 0 Å². The second kappa shape index (κ2) is 4.27. The van der Waals surface area contributed by atoms with E-state index in [1.165, 1.54) is 12.8 Å². The lowest BCUT2D eigenvalue weighted by Crippen LogP contribution is -2.43. The first kappa shape index (κ1) is 12.3. The number of nitrogens with zero attached hydrogens (tertiary/aromatic N) is 1. The number of piperidine rings is 1. The molecule has 5 heteroatoms. The summed E-state index contributed by atoms with van der Waals surface area (Å²) in [6.45, 7) is 7.03. The number of hydrogen-bond acceptors (Lipinski definition) is 3. The Balaban J connectivity index is 2.08. The molecule has 1 atom stereocenters. The number of sulfonamides is 1. The average molecular weight is 246 g/mol. The predicted molar refractivity (Wildman–Crippen MR) is 64.8 cm³/mol. The third kappa shape index (κ3) is 2.13. The van der Waals surface area contributed by atoms with E-state index in [1.807, 2.05) is 0 Å². The van der Waals surface area contributed by atoms with Crippen molar-refractivity contribution in [1.29, 1.82) is 0 Å². The van der Waals surface area contributed by atoms with Gasteiger partial charge in [-0.25, -0.2) is 12.7 Å². The van der Waals surface area contributed by atoms with Gasteiger partial charge in [0.05, 0.1) is 5.25 Å². The summed E-state index contributed by atoms with van der Waals surface area (Å²) in [6, 6.07) is 0. The molecule has 0 aromatic heterocycles. The maximum atomic E-state index is 12.1. The fourth-order valence-electron chi connectivity index (χ4n) is 2.79. The van der Waals surface area contributed by atoms with E-state index in [2.05, 4.69) is 5.32 Å². The molecule has 2 heterocycles. The second-order valence-corrected chi connectivity index (χ2v) is 7.95. The zero-order valence-electron chi connectivity index (χ0n) is 10.2. The van der Waals surface area contributed by atoms with Gasteiger partial charge in [0, 0.05) is 19.6 Å². The standard InChI is InChI=1S/C11H22N2O2S/c1-10(2)16(14,15)13-7-5-11(9-13)4-3-6-12-8-11/h10,12H,3-9H2,1-2H3/t11-/m1/s1. The molecule has 0 bridgehead atoms. The van der Waals surface area contributed by atoms with Crippen molar-refractivity contribution in [1.82, 2.24) is 9.62 Å². The maximum absolute atomic E-state index is 12.1. The van der Waals surface area contributed by atoms with Crippen molar-refractivity contribution in [3.63, 3.8) is 0 Å². The van der Waals surface area contributed by atoms with Crippen LogP contribution in [-0.4, -0.2) is 44.2 Å². The highest BCUT2D eigenvalue weighted by atomic mass is 32.2. The third-order valence-corrected chi connectivity index (χ3v) is 6.14. The van der Waals surface area contributed by atoms with Crippen molar-refractivity contribution < 1.29 is 8.42 Å². The molecule has 2 rings (SSSR count). The molecular formula is C11H22N2O2S. The minimum atomic E-state index is -3.05. The van der Waals surface area contributed by atoms with Crippen LogP contribution in [0.1, 0.15) is 33.1 Å². The van der Waals surface area contributed by atoms with Crippen LogP contribution in [0.15, 0.2) is 0 Å². The molecule has 0 saturated carbocycles. The molecule has 0 aromatic rings. The Labute approximate surface area is 98.4 Å². The van der Waals surface area contributed by atoms with Gasteiger partial charge in [-0.15, -0.1) is 0 Å². The molecule has 0 aliphatic carbocycles. The van der Waals surface area contributed by atoms with Crippen LogP contribution >= 0.6 is 0 Å². The largest absolute Gasteiger partial charge is 0.316 e. The molecule has 2 fully saturated rings. The Hall–Kier alpha value is -0.130. The van der Waals surface area contributed by atoms with Gasteiger partial charge in [0.25, 0.3) is 0 Å². The van der Waals surface area contributed by atoms with Crippen molar-refractivity contribution in [2.24, 2.45) is 5.41 Å². The second-order valence-electron chi connectivity index (χ2n) is 5.46. The monoisotopic (exact) mass is 246 g/mol. The first-order valence-electron chi connectivity index (χ1n) is 6.16. The summed E-state index contributed by atoms with van der Waals surface area (Å²) < 4.78 is 25.8. The number of rotatable bonds is 2. The predicted octanol–water partition coefficient (Wildman–Crippen LogP) is 0.800. The fourth-order valence-corrected chi connectivity index (χ4v) is 4.18. The van der Waals surface area contributed by atoms with Crippen LogP contribution in [-0.2, 0) is 10.0 Å². The smallest absolute Gasteiger partial charge is 0.216 e. The molecule has 0 radical (unpaired) electrons. The summed E-state index contributed by atoms with van der Waals surface area (Å²) >= 11 is 0. The zero-order valence-corrected chi connectivity index (χ0v) is 11.0. The summed E-state index contributed by atoms with van der Waals surface area (Å²) in [5.41, 5.74) is 0.222. The van der Waals surface area contributed by atoms with E-state index in [1.54, 1.807) is 18.2 Å². The lowest BCUT2D eigenvalue weighted by molar-refractivity contribution is 0.224. The van der Waals surface area contributed by atoms with Gasteiger partial charge in [0.2, 0.25) is 10.0 Å². The van der Waals surface area contributed by atoms with E-state index >= 15 is 0 Å². The lowest BCUT2D eigenvalue weighted by Gasteiger charge is -2.34. The Kier molecular flexibility index (Phi) is 3.29. The van der Waals surface area contributed by atoms with E-state index in [-0.39, 0.29) is 10.7 Å². The normalized spacial score (nSPS) is 32.7. The van der Waals surface area contributed by atoms with E-state index < -0.39 is 10.0 Å². The first-order valence-corrected chi connectivity index (χ1v) is 7.66. The van der Waals surface area contributed by atoms with Crippen molar-refractivity contribution in [2.45, 2.75) is 38.4 Å². The molecule has 2 aliphatic rings. The minimum Gasteiger partial charge on any atom is -0.316 e. The van der Waals surface area contributed by atoms with E-state index in [4.69, 9.17) is 0 Å². The van der Waals surface area contributed by atoms with Crippen LogP contribution in [0.25, 0.3) is 0 Å². The summed E-state index contributed by atoms with van der Waals surface area (Å²) in [7, 11) is -3.05. The minimum absolute atomic E-state index is 0.222. The highest BCUT2D eigenvalue weighted by Gasteiger charge is 2.43. The molecule has 1 spiro atoms. The Morgan fingerprint density at radius 1 is 1.31 bits per heavy atom. The van der Waals surface area contributed by atoms with Crippen LogP contribution in [0.4, 0.5) is 0 Å². The summed E-state index contributed by atoms with van der Waals surface area (Å²) in [5, 5.41) is 3.10. The zero-order chi connectivity index (χ0) is 11.8. The van der Waals surface area contributed by atoms with Crippen LogP contribution < -0.4 is 5.32 Å². The average Bonchev–Trinajstić information content (AvgIpc) is 2.64. The number of nitrogens with one attached hydrogen (secondary N) is 1. The van der Waals surface area contributed by atoms with Gasteiger partial charge in [0.15, 0.2) is 0 Å². The summed E-state index contributed by atoms with van der Waals surface area (Å²) in [6.07, 6.45) is 3.37. The molecule has 16 heavy (non-hydrogen) atoms. The van der Waals surface area contributed by atoms with Gasteiger partial charge in [-0.1, -0.05) is 0 Å². The van der Waals surface area contributed by atoms with E-state index in [0.29, 0.717) is 6.54 Å². The molecule has 4 nitrogen and oxygen atoms in total. The SMILES string of the molecule is CC(C)S(=O)(=O)N1CC[C@@]2(CCCNC2)C1. The van der Waals surface area contributed by atoms with Gasteiger partial charge < -0.3 is 5.32 Å². The van der Waals surface area contributed by atoms with E-state index in [0.717, 1.165) is 26.1 Å². The molecule has 2 aliphatic heterocycles. The molecule has 94 valence electrons. The molecule has 2 saturated heterocycles. The van der Waals surface area contributed by atoms with Gasteiger partial charge in [-0.2, -0.15) is 0 Å². The molecular weight excluding hydrogens is 224 g/mol. The maximum Gasteiger partial charge on any atom is 0.216 e. The van der Waals surface area contributed by atoms with Crippen molar-refractivity contribution >= 4 is 10.0 Å². The third-order valence-electron chi connectivity index (χ3n) is 3.92. The molecule has 1 N–H and O–H groups in total. The molecule has 0 amide bonds. The summed E-state index contributed by atoms with van der Waals surface area (Å²) in [5.74, 6) is 0. The Morgan fingerprint density at radius 2 is 2.06 bits per heavy atom. The quantitative estimate of drug-likeness (QED) is 0.784. The van der Waals surface area contributed by atoms with Gasteiger partial charge in [0.1, 0.15) is 0 Å². The topological polar surface area (TPSA) is 49.4 Å². The highest BCUT2D eigenvalue weighted by molar-refractivity contribution is 7.89. The van der Waals surface area contributed by atoms with Crippen molar-refractivity contribution in [3.8, 4) is 0 Å². The number of hydrogen-bond donors (Lipinski definition) is 1. The van der Waals surface area contributed by atoms with Gasteiger partial charge in [-0.3, -0.25) is 0 Å². The Morgan fingerprint density at radius 3 is 2.62 bits per heavy atom. The van der Waals surface area contributed by atoms with Crippen LogP contribution in [0.5, 0.6) is 0 Å². The van der Waals surface area contributed by atoms with Gasteiger partial charge in [-0.05, 0) is 45.1 Å². The Bertz CT molecular complexity index is 345. The van der Waals surface area contributed by atoms with Gasteiger partial charge >= 0.3 is 0 Å². The van der Waals surface area contributed by atoms with Crippen LogP contribution in [0.2, 0.25) is 0 Å². The van der Waals surface area contributed by atoms with Crippen molar-refractivity contribution in [3.05, 3.63) is 0 Å². The van der Waals surface area contributed by atoms with Crippen LogP contribution in [0, 0.1) is 5.41 Å². The van der Waals surface area contributed by atoms with Crippen molar-refractivity contribution in [2.75, 3.05) is 26.2 Å². The lowest BCUT2D eigenvalue weighted by atomic mass is 9.80.